The molecule has 0 N–H and O–H groups in total. The topological polar surface area (TPSA) is 17.1 Å². The van der Waals surface area contributed by atoms with Crippen molar-refractivity contribution >= 4 is 5.78 Å². The third-order valence-electron chi connectivity index (χ3n) is 4.57. The van der Waals surface area contributed by atoms with E-state index in [1.165, 1.54) is 83.5 Å². The fraction of sp³-hybridized carbons (Fsp3) is 0.850. The van der Waals surface area contributed by atoms with Gasteiger partial charge in [0, 0.05) is 12.8 Å². The average Bonchev–Trinajstić information content (AvgIpc) is 2.48. The second-order valence-corrected chi connectivity index (χ2v) is 6.68. The minimum atomic E-state index is 0.509. The van der Waals surface area contributed by atoms with E-state index in [0.29, 0.717) is 5.78 Å². The molecule has 1 aliphatic rings. The van der Waals surface area contributed by atoms with E-state index in [-0.39, 0.29) is 0 Å². The van der Waals surface area contributed by atoms with Crippen LogP contribution in [-0.2, 0) is 4.79 Å². The predicted molar refractivity (Wildman–Crippen MR) is 92.6 cm³/mol. The van der Waals surface area contributed by atoms with Crippen molar-refractivity contribution in [3.05, 3.63) is 12.2 Å². The number of hydrogen-bond acceptors (Lipinski definition) is 1. The molecule has 0 spiro atoms. The number of allylic oxidation sites excluding steroid dienone is 2. The Morgan fingerprint density at radius 3 is 1.24 bits per heavy atom. The molecule has 0 fully saturated rings. The van der Waals surface area contributed by atoms with Crippen molar-refractivity contribution in [2.24, 2.45) is 0 Å². The maximum atomic E-state index is 11.8. The van der Waals surface area contributed by atoms with Gasteiger partial charge in [0.15, 0.2) is 0 Å². The van der Waals surface area contributed by atoms with Gasteiger partial charge in [-0.2, -0.15) is 0 Å². The van der Waals surface area contributed by atoms with Crippen LogP contribution in [0.2, 0.25) is 0 Å². The molecule has 21 heavy (non-hydrogen) atoms. The molecule has 122 valence electrons. The quantitative estimate of drug-likeness (QED) is 0.451. The molecular formula is C20H36O. The van der Waals surface area contributed by atoms with Gasteiger partial charge in [0.2, 0.25) is 0 Å². The maximum absolute atomic E-state index is 11.8. The number of carbonyl (C=O) groups excluding carboxylic acids is 1. The highest BCUT2D eigenvalue weighted by Crippen LogP contribution is 2.13. The molecule has 0 bridgehead atoms. The van der Waals surface area contributed by atoms with Crippen LogP contribution < -0.4 is 0 Å². The van der Waals surface area contributed by atoms with Crippen molar-refractivity contribution in [2.75, 3.05) is 0 Å². The summed E-state index contributed by atoms with van der Waals surface area (Å²) in [7, 11) is 0. The minimum absolute atomic E-state index is 0.509. The molecule has 1 nitrogen and oxygen atoms in total. The van der Waals surface area contributed by atoms with Crippen LogP contribution in [-0.4, -0.2) is 5.78 Å². The molecule has 0 aromatic heterocycles. The highest BCUT2D eigenvalue weighted by Gasteiger charge is 2.02. The first kappa shape index (κ1) is 18.5. The lowest BCUT2D eigenvalue weighted by atomic mass is 10.0. The van der Waals surface area contributed by atoms with E-state index in [9.17, 15) is 4.79 Å². The van der Waals surface area contributed by atoms with Gasteiger partial charge in [0.1, 0.15) is 5.78 Å². The molecule has 1 rings (SSSR count). The Morgan fingerprint density at radius 2 is 0.810 bits per heavy atom. The van der Waals surface area contributed by atoms with E-state index < -0.39 is 0 Å². The summed E-state index contributed by atoms with van der Waals surface area (Å²) < 4.78 is 0. The lowest BCUT2D eigenvalue weighted by molar-refractivity contribution is -0.119. The van der Waals surface area contributed by atoms with E-state index in [4.69, 9.17) is 0 Å². The van der Waals surface area contributed by atoms with Crippen molar-refractivity contribution in [3.8, 4) is 0 Å². The van der Waals surface area contributed by atoms with Gasteiger partial charge in [-0.1, -0.05) is 69.9 Å². The van der Waals surface area contributed by atoms with Crippen LogP contribution in [0.25, 0.3) is 0 Å². The first-order chi connectivity index (χ1) is 10.4. The van der Waals surface area contributed by atoms with Gasteiger partial charge in [-0.15, -0.1) is 0 Å². The van der Waals surface area contributed by atoms with Gasteiger partial charge in [-0.25, -0.2) is 0 Å². The summed E-state index contributed by atoms with van der Waals surface area (Å²) in [6.07, 6.45) is 25.9. The standard InChI is InChI=1S/C20H36O/c21-20-18-16-14-12-10-8-6-4-2-1-3-5-7-9-11-13-15-17-19-20/h1-2H,3-19H2/b2-1+. The van der Waals surface area contributed by atoms with Crippen molar-refractivity contribution in [1.29, 1.82) is 0 Å². The Kier molecular flexibility index (Phi) is 12.6. The second-order valence-electron chi connectivity index (χ2n) is 6.68. The normalized spacial score (nSPS) is 24.3. The third-order valence-corrected chi connectivity index (χ3v) is 4.57. The van der Waals surface area contributed by atoms with E-state index >= 15 is 0 Å². The molecule has 0 aromatic rings. The van der Waals surface area contributed by atoms with Crippen LogP contribution in [0, 0.1) is 0 Å². The van der Waals surface area contributed by atoms with Gasteiger partial charge in [-0.05, 0) is 38.5 Å². The Labute approximate surface area is 132 Å². The zero-order chi connectivity index (χ0) is 15.0. The molecule has 0 atom stereocenters. The molecule has 0 heterocycles. The van der Waals surface area contributed by atoms with E-state index in [2.05, 4.69) is 12.2 Å². The van der Waals surface area contributed by atoms with Crippen LogP contribution >= 0.6 is 0 Å². The van der Waals surface area contributed by atoms with Crippen molar-refractivity contribution in [1.82, 2.24) is 0 Å². The molecule has 0 unspecified atom stereocenters. The molecule has 0 radical (unpaired) electrons. The summed E-state index contributed by atoms with van der Waals surface area (Å²) in [5.41, 5.74) is 0. The number of ketones is 1. The largest absolute Gasteiger partial charge is 0.300 e. The lowest BCUT2D eigenvalue weighted by Crippen LogP contribution is -1.97. The summed E-state index contributed by atoms with van der Waals surface area (Å²) in [5, 5.41) is 0. The van der Waals surface area contributed by atoms with Crippen molar-refractivity contribution in [3.63, 3.8) is 0 Å². The number of rotatable bonds is 0. The van der Waals surface area contributed by atoms with Crippen LogP contribution in [0.5, 0.6) is 0 Å². The van der Waals surface area contributed by atoms with Crippen LogP contribution in [0.4, 0.5) is 0 Å². The van der Waals surface area contributed by atoms with Gasteiger partial charge in [-0.3, -0.25) is 4.79 Å². The molecule has 0 aliphatic heterocycles. The zero-order valence-corrected chi connectivity index (χ0v) is 14.1. The molecule has 0 saturated carbocycles. The third kappa shape index (κ3) is 12.8. The predicted octanol–water partition coefficient (Wildman–Crippen LogP) is 6.76. The van der Waals surface area contributed by atoms with E-state index in [1.54, 1.807) is 0 Å². The Morgan fingerprint density at radius 1 is 0.476 bits per heavy atom. The molecule has 1 heteroatoms. The fourth-order valence-corrected chi connectivity index (χ4v) is 3.12. The highest BCUT2D eigenvalue weighted by atomic mass is 16.1. The molecule has 0 amide bonds. The van der Waals surface area contributed by atoms with Gasteiger partial charge >= 0.3 is 0 Å². The van der Waals surface area contributed by atoms with Crippen molar-refractivity contribution < 1.29 is 4.79 Å². The number of hydrogen-bond donors (Lipinski definition) is 0. The fourth-order valence-electron chi connectivity index (χ4n) is 3.12. The molecule has 1 aliphatic carbocycles. The summed E-state index contributed by atoms with van der Waals surface area (Å²) in [6.45, 7) is 0. The van der Waals surface area contributed by atoms with Crippen molar-refractivity contribution in [2.45, 2.75) is 109 Å². The summed E-state index contributed by atoms with van der Waals surface area (Å²) >= 11 is 0. The summed E-state index contributed by atoms with van der Waals surface area (Å²) in [6, 6.07) is 0. The van der Waals surface area contributed by atoms with Crippen LogP contribution in [0.1, 0.15) is 109 Å². The number of Topliss-reactive ketones (excluding diaryl/α,β-unsaturated/α-hetero) is 1. The smallest absolute Gasteiger partial charge is 0.132 e. The average molecular weight is 293 g/mol. The van der Waals surface area contributed by atoms with E-state index in [1.807, 2.05) is 0 Å². The van der Waals surface area contributed by atoms with Crippen LogP contribution in [0.15, 0.2) is 12.2 Å². The Balaban J connectivity index is 2.15. The van der Waals surface area contributed by atoms with Gasteiger partial charge < -0.3 is 0 Å². The first-order valence-corrected chi connectivity index (χ1v) is 9.56. The van der Waals surface area contributed by atoms with Gasteiger partial charge in [0.05, 0.1) is 0 Å². The van der Waals surface area contributed by atoms with Gasteiger partial charge in [0.25, 0.3) is 0 Å². The first-order valence-electron chi connectivity index (χ1n) is 9.56. The zero-order valence-electron chi connectivity index (χ0n) is 14.1. The summed E-state index contributed by atoms with van der Waals surface area (Å²) in [5.74, 6) is 0.509. The lowest BCUT2D eigenvalue weighted by Gasteiger charge is -2.04. The SMILES string of the molecule is O=C1CCCCCCCC/C=C/CCCCCCCCC1. The van der Waals surface area contributed by atoms with Crippen LogP contribution in [0.3, 0.4) is 0 Å². The number of carbonyl (C=O) groups is 1. The maximum Gasteiger partial charge on any atom is 0.132 e. The monoisotopic (exact) mass is 292 g/mol. The molecular weight excluding hydrogens is 256 g/mol. The van der Waals surface area contributed by atoms with E-state index in [0.717, 1.165) is 25.7 Å². The Bertz CT molecular complexity index is 267. The second kappa shape index (κ2) is 14.4. The minimum Gasteiger partial charge on any atom is -0.300 e. The molecule has 0 saturated heterocycles. The highest BCUT2D eigenvalue weighted by molar-refractivity contribution is 5.78. The Hall–Kier alpha value is -0.590. The molecule has 0 aromatic carbocycles. The summed E-state index contributed by atoms with van der Waals surface area (Å²) in [4.78, 5) is 11.8.